The predicted molar refractivity (Wildman–Crippen MR) is 127 cm³/mol. The normalized spacial score (nSPS) is 10.9. The number of fused-ring (bicyclic) bond motifs is 1. The maximum Gasteiger partial charge on any atom is 0.321 e. The highest BCUT2D eigenvalue weighted by atomic mass is 32.2. The molecular weight excluding hydrogens is 458 g/mol. The molecule has 164 valence electrons. The first-order chi connectivity index (χ1) is 16.2. The van der Waals surface area contributed by atoms with Crippen molar-refractivity contribution >= 4 is 45.7 Å². The average Bonchev–Trinajstić information content (AvgIpc) is 3.43. The second-order valence-electron chi connectivity index (χ2n) is 6.89. The lowest BCUT2D eigenvalue weighted by molar-refractivity contribution is 0.0998. The summed E-state index contributed by atoms with van der Waals surface area (Å²) in [6.45, 7) is 1.91. The van der Waals surface area contributed by atoms with Crippen molar-refractivity contribution in [2.45, 2.75) is 17.0 Å². The smallest absolute Gasteiger partial charge is 0.321 e. The molecule has 0 unspecified atom stereocenters. The number of nitrogens with zero attached hydrogens (tertiary/aromatic N) is 4. The molecule has 33 heavy (non-hydrogen) atoms. The molecular formula is C23H17N5O3S2. The molecule has 0 fully saturated rings. The zero-order valence-electron chi connectivity index (χ0n) is 17.4. The van der Waals surface area contributed by atoms with Crippen molar-refractivity contribution in [2.75, 3.05) is 5.32 Å². The molecule has 5 aromatic rings. The molecule has 3 aromatic heterocycles. The van der Waals surface area contributed by atoms with Crippen molar-refractivity contribution in [1.82, 2.24) is 20.2 Å². The third-order valence-corrected chi connectivity index (χ3v) is 6.61. The van der Waals surface area contributed by atoms with E-state index in [9.17, 15) is 4.79 Å². The van der Waals surface area contributed by atoms with Crippen molar-refractivity contribution in [3.8, 4) is 11.8 Å². The number of para-hydroxylation sites is 1. The summed E-state index contributed by atoms with van der Waals surface area (Å²) in [6, 6.07) is 16.6. The van der Waals surface area contributed by atoms with Gasteiger partial charge in [-0.15, -0.1) is 10.2 Å². The minimum absolute atomic E-state index is 0.254. The molecule has 1 N–H and O–H groups in total. The van der Waals surface area contributed by atoms with Crippen LogP contribution in [0.2, 0.25) is 0 Å². The lowest BCUT2D eigenvalue weighted by Gasteiger charge is -2.07. The van der Waals surface area contributed by atoms with Crippen molar-refractivity contribution in [3.05, 3.63) is 83.3 Å². The molecule has 0 bridgehead atoms. The van der Waals surface area contributed by atoms with Crippen molar-refractivity contribution in [2.24, 2.45) is 0 Å². The highest BCUT2D eigenvalue weighted by Crippen LogP contribution is 2.33. The van der Waals surface area contributed by atoms with Gasteiger partial charge in [0.05, 0.1) is 0 Å². The number of hydrogen-bond donors (Lipinski definition) is 1. The average molecular weight is 476 g/mol. The Labute approximate surface area is 197 Å². The van der Waals surface area contributed by atoms with Crippen LogP contribution in [0.5, 0.6) is 11.8 Å². The molecule has 0 aliphatic carbocycles. The van der Waals surface area contributed by atoms with E-state index in [1.165, 1.54) is 23.1 Å². The SMILES string of the molecule is Cc1nnc(SCc2c(C(=O)Nc3ccc(Oc4ncccn4)cc3)oc3ccccc23)s1. The Kier molecular flexibility index (Phi) is 6.01. The molecule has 8 nitrogen and oxygen atoms in total. The van der Waals surface area contributed by atoms with E-state index < -0.39 is 0 Å². The van der Waals surface area contributed by atoms with Gasteiger partial charge < -0.3 is 14.5 Å². The molecule has 10 heteroatoms. The number of benzene rings is 2. The Morgan fingerprint density at radius 2 is 1.85 bits per heavy atom. The van der Waals surface area contributed by atoms with Gasteiger partial charge in [-0.2, -0.15) is 0 Å². The second-order valence-corrected chi connectivity index (χ2v) is 9.30. The number of anilines is 1. The Hall–Kier alpha value is -3.76. The van der Waals surface area contributed by atoms with E-state index in [4.69, 9.17) is 9.15 Å². The summed E-state index contributed by atoms with van der Waals surface area (Å²) in [7, 11) is 0. The van der Waals surface area contributed by atoms with E-state index in [0.29, 0.717) is 22.8 Å². The molecule has 0 radical (unpaired) electrons. The minimum Gasteiger partial charge on any atom is -0.451 e. The first-order valence-electron chi connectivity index (χ1n) is 9.95. The Balaban J connectivity index is 1.34. The number of rotatable bonds is 7. The first kappa shape index (κ1) is 21.1. The number of nitrogens with one attached hydrogen (secondary N) is 1. The largest absolute Gasteiger partial charge is 0.451 e. The van der Waals surface area contributed by atoms with Crippen LogP contribution in [-0.4, -0.2) is 26.1 Å². The number of amides is 1. The van der Waals surface area contributed by atoms with Crippen LogP contribution in [0.15, 0.2) is 75.7 Å². The summed E-state index contributed by atoms with van der Waals surface area (Å²) >= 11 is 3.05. The number of thioether (sulfide) groups is 1. The summed E-state index contributed by atoms with van der Waals surface area (Å²) in [5.74, 6) is 1.06. The number of furan rings is 1. The predicted octanol–water partition coefficient (Wildman–Crippen LogP) is 5.72. The van der Waals surface area contributed by atoms with Crippen LogP contribution in [0, 0.1) is 6.92 Å². The lowest BCUT2D eigenvalue weighted by atomic mass is 10.1. The fourth-order valence-corrected chi connectivity index (χ4v) is 4.98. The van der Waals surface area contributed by atoms with Crippen LogP contribution in [0.4, 0.5) is 5.69 Å². The maximum atomic E-state index is 13.1. The minimum atomic E-state index is -0.324. The van der Waals surface area contributed by atoms with Gasteiger partial charge >= 0.3 is 6.01 Å². The van der Waals surface area contributed by atoms with Gasteiger partial charge in [0, 0.05) is 34.8 Å². The molecule has 0 spiro atoms. The van der Waals surface area contributed by atoms with Gasteiger partial charge in [-0.05, 0) is 43.3 Å². The summed E-state index contributed by atoms with van der Waals surface area (Å²) in [5, 5.41) is 12.9. The van der Waals surface area contributed by atoms with Gasteiger partial charge in [0.15, 0.2) is 10.1 Å². The lowest BCUT2D eigenvalue weighted by Crippen LogP contribution is -2.12. The fourth-order valence-electron chi connectivity index (χ4n) is 3.13. The molecule has 0 saturated carbocycles. The topological polar surface area (TPSA) is 103 Å². The number of ether oxygens (including phenoxy) is 1. The molecule has 3 heterocycles. The number of carbonyl (C=O) groups is 1. The van der Waals surface area contributed by atoms with Crippen LogP contribution in [-0.2, 0) is 5.75 Å². The first-order valence-corrected chi connectivity index (χ1v) is 11.8. The van der Waals surface area contributed by atoms with Crippen molar-refractivity contribution in [1.29, 1.82) is 0 Å². The van der Waals surface area contributed by atoms with Gasteiger partial charge in [-0.3, -0.25) is 4.79 Å². The van der Waals surface area contributed by atoms with Gasteiger partial charge in [-0.25, -0.2) is 9.97 Å². The monoisotopic (exact) mass is 475 g/mol. The third-order valence-electron chi connectivity index (χ3n) is 4.62. The van der Waals surface area contributed by atoms with Crippen LogP contribution in [0.3, 0.4) is 0 Å². The van der Waals surface area contributed by atoms with Crippen LogP contribution in [0.25, 0.3) is 11.0 Å². The van der Waals surface area contributed by atoms with E-state index in [0.717, 1.165) is 20.3 Å². The standard InChI is InChI=1S/C23H17N5O3S2/c1-14-27-28-23(33-14)32-13-18-17-5-2-3-6-19(17)31-20(18)21(29)26-15-7-9-16(10-8-15)30-22-24-11-4-12-25-22/h2-12H,13H2,1H3,(H,26,29). The van der Waals surface area contributed by atoms with Gasteiger partial charge in [0.1, 0.15) is 16.3 Å². The van der Waals surface area contributed by atoms with Crippen LogP contribution >= 0.6 is 23.1 Å². The number of hydrogen-bond acceptors (Lipinski definition) is 9. The summed E-state index contributed by atoms with van der Waals surface area (Å²) in [4.78, 5) is 21.2. The van der Waals surface area contributed by atoms with Gasteiger partial charge in [0.25, 0.3) is 5.91 Å². The molecule has 0 atom stereocenters. The molecule has 1 amide bonds. The Morgan fingerprint density at radius 3 is 2.61 bits per heavy atom. The van der Waals surface area contributed by atoms with Crippen LogP contribution in [0.1, 0.15) is 21.1 Å². The summed E-state index contributed by atoms with van der Waals surface area (Å²) in [5.41, 5.74) is 2.10. The highest BCUT2D eigenvalue weighted by molar-refractivity contribution is 8.00. The van der Waals surface area contributed by atoms with E-state index in [1.807, 2.05) is 31.2 Å². The second kappa shape index (κ2) is 9.39. The summed E-state index contributed by atoms with van der Waals surface area (Å²) in [6.07, 6.45) is 3.21. The highest BCUT2D eigenvalue weighted by Gasteiger charge is 2.21. The quantitative estimate of drug-likeness (QED) is 0.298. The van der Waals surface area contributed by atoms with E-state index in [2.05, 4.69) is 25.5 Å². The molecule has 5 rings (SSSR count). The number of aryl methyl sites for hydroxylation is 1. The van der Waals surface area contributed by atoms with Gasteiger partial charge in [-0.1, -0.05) is 41.3 Å². The fraction of sp³-hybridized carbons (Fsp3) is 0.0870. The summed E-state index contributed by atoms with van der Waals surface area (Å²) < 4.78 is 12.4. The van der Waals surface area contributed by atoms with Crippen LogP contribution < -0.4 is 10.1 Å². The number of aromatic nitrogens is 4. The Bertz CT molecular complexity index is 1400. The molecule has 0 aliphatic rings. The zero-order chi connectivity index (χ0) is 22.6. The van der Waals surface area contributed by atoms with Crippen molar-refractivity contribution in [3.63, 3.8) is 0 Å². The molecule has 2 aromatic carbocycles. The third kappa shape index (κ3) is 4.86. The van der Waals surface area contributed by atoms with Crippen molar-refractivity contribution < 1.29 is 13.9 Å². The van der Waals surface area contributed by atoms with E-state index in [1.54, 1.807) is 42.7 Å². The zero-order valence-corrected chi connectivity index (χ0v) is 19.0. The molecule has 0 aliphatic heterocycles. The maximum absolute atomic E-state index is 13.1. The van der Waals surface area contributed by atoms with Gasteiger partial charge in [0.2, 0.25) is 0 Å². The number of carbonyl (C=O) groups excluding carboxylic acids is 1. The van der Waals surface area contributed by atoms with E-state index >= 15 is 0 Å². The molecule has 0 saturated heterocycles. The van der Waals surface area contributed by atoms with E-state index in [-0.39, 0.29) is 17.7 Å². The Morgan fingerprint density at radius 1 is 1.06 bits per heavy atom.